The molecule has 4 nitrogen and oxygen atoms in total. The molecular weight excluding hydrogens is 292 g/mol. The number of halogens is 1. The lowest BCUT2D eigenvalue weighted by Gasteiger charge is -2.31. The average Bonchev–Trinajstić information content (AvgIpc) is 2.66. The molecule has 18 heavy (non-hydrogen) atoms. The van der Waals surface area contributed by atoms with Gasteiger partial charge in [0.25, 0.3) is 10.0 Å². The quantitative estimate of drug-likeness (QED) is 0.876. The van der Waals surface area contributed by atoms with Crippen molar-refractivity contribution in [1.82, 2.24) is 9.71 Å². The van der Waals surface area contributed by atoms with E-state index in [1.54, 1.807) is 6.92 Å². The summed E-state index contributed by atoms with van der Waals surface area (Å²) in [5.74, 6) is 0. The predicted octanol–water partition coefficient (Wildman–Crippen LogP) is 3.35. The number of aromatic nitrogens is 1. The average molecular weight is 311 g/mol. The van der Waals surface area contributed by atoms with Crippen LogP contribution in [0.4, 0.5) is 0 Å². The number of hydrogen-bond acceptors (Lipinski definition) is 4. The monoisotopic (exact) mass is 310 g/mol. The summed E-state index contributed by atoms with van der Waals surface area (Å²) >= 11 is 6.76. The van der Waals surface area contributed by atoms with Crippen LogP contribution in [-0.2, 0) is 10.0 Å². The van der Waals surface area contributed by atoms with Gasteiger partial charge in [-0.1, -0.05) is 43.7 Å². The minimum atomic E-state index is -3.54. The molecule has 0 atom stereocenters. The Morgan fingerprint density at radius 3 is 2.11 bits per heavy atom. The third-order valence-electron chi connectivity index (χ3n) is 3.35. The van der Waals surface area contributed by atoms with E-state index >= 15 is 0 Å². The third kappa shape index (κ3) is 3.23. The Labute approximate surface area is 118 Å². The van der Waals surface area contributed by atoms with Gasteiger partial charge in [-0.2, -0.15) is 0 Å². The summed E-state index contributed by atoms with van der Waals surface area (Å²) in [5.41, 5.74) is 0.0663. The van der Waals surface area contributed by atoms with Crippen molar-refractivity contribution in [3.05, 3.63) is 10.2 Å². The van der Waals surface area contributed by atoms with Gasteiger partial charge in [0.2, 0.25) is 0 Å². The maximum Gasteiger partial charge on any atom is 0.252 e. The topological polar surface area (TPSA) is 59.1 Å². The molecule has 0 amide bonds. The van der Waals surface area contributed by atoms with Crippen molar-refractivity contribution in [2.24, 2.45) is 0 Å². The van der Waals surface area contributed by atoms with E-state index in [4.69, 9.17) is 11.6 Å². The van der Waals surface area contributed by atoms with Crippen LogP contribution in [0.15, 0.2) is 4.21 Å². The molecule has 0 spiro atoms. The van der Waals surface area contributed by atoms with Gasteiger partial charge in [-0.05, 0) is 26.2 Å². The molecule has 0 unspecified atom stereocenters. The van der Waals surface area contributed by atoms with Gasteiger partial charge in [0.05, 0.1) is 5.69 Å². The molecule has 0 fully saturated rings. The van der Waals surface area contributed by atoms with Crippen molar-refractivity contribution < 1.29 is 8.42 Å². The minimum Gasteiger partial charge on any atom is -0.229 e. The summed E-state index contributed by atoms with van der Waals surface area (Å²) in [5, 5.41) is 0. The molecule has 1 N–H and O–H groups in total. The number of aryl methyl sites for hydroxylation is 1. The highest BCUT2D eigenvalue weighted by atomic mass is 35.5. The molecule has 0 saturated carbocycles. The van der Waals surface area contributed by atoms with E-state index in [0.29, 0.717) is 5.69 Å². The van der Waals surface area contributed by atoms with Crippen LogP contribution in [0.3, 0.4) is 0 Å². The van der Waals surface area contributed by atoms with E-state index in [1.165, 1.54) is 0 Å². The second kappa shape index (κ2) is 5.86. The smallest absolute Gasteiger partial charge is 0.229 e. The van der Waals surface area contributed by atoms with Gasteiger partial charge in [-0.3, -0.25) is 0 Å². The number of rotatable bonds is 6. The van der Waals surface area contributed by atoms with Crippen LogP contribution in [0.2, 0.25) is 4.47 Å². The van der Waals surface area contributed by atoms with E-state index in [9.17, 15) is 8.42 Å². The van der Waals surface area contributed by atoms with Crippen LogP contribution >= 0.6 is 22.9 Å². The molecule has 1 aromatic rings. The Bertz CT molecular complexity index is 499. The number of nitrogens with zero attached hydrogens (tertiary/aromatic N) is 1. The van der Waals surface area contributed by atoms with Crippen LogP contribution in [0, 0.1) is 6.92 Å². The summed E-state index contributed by atoms with van der Waals surface area (Å²) in [4.78, 5) is 3.95. The van der Waals surface area contributed by atoms with Gasteiger partial charge in [-0.15, -0.1) is 0 Å². The largest absolute Gasteiger partial charge is 0.252 e. The fraction of sp³-hybridized carbons (Fsp3) is 0.727. The molecule has 0 aliphatic heterocycles. The first-order valence-corrected chi connectivity index (χ1v) is 8.65. The van der Waals surface area contributed by atoms with Gasteiger partial charge in [0.15, 0.2) is 8.68 Å². The lowest BCUT2D eigenvalue weighted by molar-refractivity contribution is 0.342. The highest BCUT2D eigenvalue weighted by Crippen LogP contribution is 2.29. The zero-order chi connectivity index (χ0) is 14.0. The molecule has 0 saturated heterocycles. The molecule has 0 aliphatic carbocycles. The number of sulfonamides is 1. The SMILES string of the molecule is CCC(CC)(CC)NS(=O)(=O)c1sc(Cl)nc1C. The van der Waals surface area contributed by atoms with Crippen molar-refractivity contribution in [2.75, 3.05) is 0 Å². The Hall–Kier alpha value is -0.170. The third-order valence-corrected chi connectivity index (χ3v) is 6.80. The zero-order valence-corrected chi connectivity index (χ0v) is 13.5. The van der Waals surface area contributed by atoms with E-state index in [0.717, 1.165) is 30.6 Å². The molecule has 0 bridgehead atoms. The molecule has 104 valence electrons. The summed E-state index contributed by atoms with van der Waals surface area (Å²) < 4.78 is 28.0. The normalized spacial score (nSPS) is 12.9. The van der Waals surface area contributed by atoms with Crippen LogP contribution < -0.4 is 4.72 Å². The van der Waals surface area contributed by atoms with Crippen molar-refractivity contribution in [3.63, 3.8) is 0 Å². The molecule has 1 aromatic heterocycles. The Morgan fingerprint density at radius 2 is 1.78 bits per heavy atom. The first-order valence-electron chi connectivity index (χ1n) is 5.97. The van der Waals surface area contributed by atoms with E-state index in [1.807, 2.05) is 20.8 Å². The molecule has 0 aliphatic rings. The highest BCUT2D eigenvalue weighted by Gasteiger charge is 2.32. The Balaban J connectivity index is 3.12. The maximum atomic E-state index is 12.4. The second-order valence-corrected chi connectivity index (χ2v) is 7.75. The standard InChI is InChI=1S/C11H19ClN2O2S2/c1-5-11(6-2,7-3)14-18(15,16)9-8(4)13-10(12)17-9/h14H,5-7H2,1-4H3. The lowest BCUT2D eigenvalue weighted by Crippen LogP contribution is -2.46. The van der Waals surface area contributed by atoms with E-state index in [-0.39, 0.29) is 14.2 Å². The molecule has 1 rings (SSSR count). The molecule has 7 heteroatoms. The van der Waals surface area contributed by atoms with Gasteiger partial charge in [0, 0.05) is 5.54 Å². The number of thiazole rings is 1. The predicted molar refractivity (Wildman–Crippen MR) is 75.8 cm³/mol. The van der Waals surface area contributed by atoms with E-state index in [2.05, 4.69) is 9.71 Å². The van der Waals surface area contributed by atoms with Crippen LogP contribution in [-0.4, -0.2) is 18.9 Å². The molecule has 0 radical (unpaired) electrons. The van der Waals surface area contributed by atoms with Gasteiger partial charge >= 0.3 is 0 Å². The second-order valence-electron chi connectivity index (χ2n) is 4.29. The Morgan fingerprint density at radius 1 is 1.28 bits per heavy atom. The van der Waals surface area contributed by atoms with Crippen molar-refractivity contribution in [2.45, 2.75) is 56.7 Å². The van der Waals surface area contributed by atoms with Crippen LogP contribution in [0.5, 0.6) is 0 Å². The Kier molecular flexibility index (Phi) is 5.17. The molecule has 0 aromatic carbocycles. The zero-order valence-electron chi connectivity index (χ0n) is 11.1. The van der Waals surface area contributed by atoms with Gasteiger partial charge < -0.3 is 0 Å². The number of nitrogens with one attached hydrogen (secondary N) is 1. The summed E-state index contributed by atoms with van der Waals surface area (Å²) in [7, 11) is -3.54. The minimum absolute atomic E-state index is 0.215. The van der Waals surface area contributed by atoms with Crippen molar-refractivity contribution >= 4 is 33.0 Å². The number of hydrogen-bond donors (Lipinski definition) is 1. The first-order chi connectivity index (χ1) is 8.30. The van der Waals surface area contributed by atoms with Gasteiger partial charge in [0.1, 0.15) is 0 Å². The fourth-order valence-electron chi connectivity index (χ4n) is 1.90. The molecule has 1 heterocycles. The van der Waals surface area contributed by atoms with E-state index < -0.39 is 10.0 Å². The first kappa shape index (κ1) is 15.9. The summed E-state index contributed by atoms with van der Waals surface area (Å²) in [6, 6.07) is 0. The summed E-state index contributed by atoms with van der Waals surface area (Å²) in [6.45, 7) is 7.62. The molecular formula is C11H19ClN2O2S2. The fourth-order valence-corrected chi connectivity index (χ4v) is 5.25. The summed E-state index contributed by atoms with van der Waals surface area (Å²) in [6.07, 6.45) is 2.26. The highest BCUT2D eigenvalue weighted by molar-refractivity contribution is 7.91. The van der Waals surface area contributed by atoms with Crippen LogP contribution in [0.1, 0.15) is 45.7 Å². The van der Waals surface area contributed by atoms with Gasteiger partial charge in [-0.25, -0.2) is 18.1 Å². The van der Waals surface area contributed by atoms with Crippen molar-refractivity contribution in [1.29, 1.82) is 0 Å². The van der Waals surface area contributed by atoms with Crippen LogP contribution in [0.25, 0.3) is 0 Å². The van der Waals surface area contributed by atoms with Crippen molar-refractivity contribution in [3.8, 4) is 0 Å². The lowest BCUT2D eigenvalue weighted by atomic mass is 9.91. The maximum absolute atomic E-state index is 12.4.